The van der Waals surface area contributed by atoms with Gasteiger partial charge in [0, 0.05) is 6.54 Å². The Morgan fingerprint density at radius 1 is 0.879 bits per heavy atom. The maximum atomic E-state index is 11.6. The Hall–Kier alpha value is -2.68. The number of rotatable bonds is 4. The second kappa shape index (κ2) is 12.0. The lowest BCUT2D eigenvalue weighted by atomic mass is 10.2. The summed E-state index contributed by atoms with van der Waals surface area (Å²) in [5, 5.41) is 13.2. The summed E-state index contributed by atoms with van der Waals surface area (Å²) >= 11 is 0. The normalized spacial score (nSPS) is 15.7. The summed E-state index contributed by atoms with van der Waals surface area (Å²) in [6.07, 6.45) is 1.51. The van der Waals surface area contributed by atoms with E-state index >= 15 is 0 Å². The Labute approximate surface area is 199 Å². The van der Waals surface area contributed by atoms with Crippen molar-refractivity contribution in [3.63, 3.8) is 0 Å². The highest BCUT2D eigenvalue weighted by Gasteiger charge is 2.31. The maximum absolute atomic E-state index is 11.6. The van der Waals surface area contributed by atoms with Crippen LogP contribution in [-0.2, 0) is 4.74 Å². The molecule has 0 aliphatic carbocycles. The molecule has 1 aliphatic rings. The molecule has 174 valence electrons. The van der Waals surface area contributed by atoms with Gasteiger partial charge in [-0.05, 0) is 57.4 Å². The highest BCUT2D eigenvalue weighted by atomic mass is 31.1. The van der Waals surface area contributed by atoms with E-state index in [1.54, 1.807) is 4.90 Å². The number of benzene rings is 3. The lowest BCUT2D eigenvalue weighted by molar-refractivity contribution is 0.0176. The van der Waals surface area contributed by atoms with Crippen LogP contribution in [0, 0.1) is 0 Å². The smallest absolute Gasteiger partial charge is 0.410 e. The highest BCUT2D eigenvalue weighted by Crippen LogP contribution is 2.32. The first-order valence-corrected chi connectivity index (χ1v) is 12.8. The van der Waals surface area contributed by atoms with Gasteiger partial charge in [0.2, 0.25) is 0 Å². The van der Waals surface area contributed by atoms with E-state index in [9.17, 15) is 4.79 Å². The molecule has 1 aliphatic heterocycles. The Morgan fingerprint density at radius 3 is 1.67 bits per heavy atom. The molecule has 0 radical (unpaired) electrons. The number of carbonyl (C=O) groups excluding carboxylic acids is 1. The average molecular weight is 464 g/mol. The largest absolute Gasteiger partial charge is 0.444 e. The van der Waals surface area contributed by atoms with Crippen LogP contribution in [0.1, 0.15) is 33.6 Å². The van der Waals surface area contributed by atoms with E-state index in [0.29, 0.717) is 6.54 Å². The molecular weight excluding hydrogens is 429 g/mol. The van der Waals surface area contributed by atoms with Gasteiger partial charge in [0.1, 0.15) is 5.60 Å². The molecule has 1 N–H and O–H groups in total. The SMILES string of the molecule is CC(C)(C)OC(=O)N1CCC[C@H]1CO.c1ccc(P(c2ccccc2)c2ccccc2)cc1. The minimum absolute atomic E-state index is 0.0270. The van der Waals surface area contributed by atoms with E-state index < -0.39 is 13.5 Å². The van der Waals surface area contributed by atoms with Crippen LogP contribution >= 0.6 is 7.92 Å². The van der Waals surface area contributed by atoms with Gasteiger partial charge in [-0.1, -0.05) is 91.0 Å². The van der Waals surface area contributed by atoms with Crippen molar-refractivity contribution >= 4 is 29.9 Å². The number of amides is 1. The van der Waals surface area contributed by atoms with Crippen molar-refractivity contribution in [2.24, 2.45) is 0 Å². The molecule has 1 heterocycles. The van der Waals surface area contributed by atoms with Crippen molar-refractivity contribution in [3.05, 3.63) is 91.0 Å². The molecule has 3 aromatic carbocycles. The second-order valence-corrected chi connectivity index (χ2v) is 11.2. The third-order valence-electron chi connectivity index (χ3n) is 5.26. The van der Waals surface area contributed by atoms with Crippen molar-refractivity contribution in [2.75, 3.05) is 13.2 Å². The third-order valence-corrected chi connectivity index (χ3v) is 7.70. The van der Waals surface area contributed by atoms with Gasteiger partial charge in [-0.15, -0.1) is 0 Å². The number of hydrogen-bond acceptors (Lipinski definition) is 3. The molecule has 0 unspecified atom stereocenters. The van der Waals surface area contributed by atoms with Crippen LogP contribution in [0.2, 0.25) is 0 Å². The van der Waals surface area contributed by atoms with E-state index in [0.717, 1.165) is 12.8 Å². The fraction of sp³-hybridized carbons (Fsp3) is 0.321. The summed E-state index contributed by atoms with van der Waals surface area (Å²) in [6, 6.07) is 32.3. The van der Waals surface area contributed by atoms with Gasteiger partial charge in [0.05, 0.1) is 12.6 Å². The van der Waals surface area contributed by atoms with Crippen molar-refractivity contribution < 1.29 is 14.6 Å². The fourth-order valence-corrected chi connectivity index (χ4v) is 6.07. The molecule has 33 heavy (non-hydrogen) atoms. The first-order valence-electron chi connectivity index (χ1n) is 11.4. The summed E-state index contributed by atoms with van der Waals surface area (Å²) in [5.74, 6) is 0. The van der Waals surface area contributed by atoms with Crippen LogP contribution in [0.25, 0.3) is 0 Å². The summed E-state index contributed by atoms with van der Waals surface area (Å²) < 4.78 is 5.23. The van der Waals surface area contributed by atoms with E-state index in [4.69, 9.17) is 9.84 Å². The number of hydrogen-bond donors (Lipinski definition) is 1. The molecule has 3 aromatic rings. The number of carbonyl (C=O) groups is 1. The molecule has 5 heteroatoms. The first kappa shape index (κ1) is 25.0. The van der Waals surface area contributed by atoms with E-state index in [-0.39, 0.29) is 18.7 Å². The number of nitrogens with zero attached hydrogens (tertiary/aromatic N) is 1. The van der Waals surface area contributed by atoms with Gasteiger partial charge in [-0.3, -0.25) is 0 Å². The van der Waals surface area contributed by atoms with Crippen LogP contribution in [0.15, 0.2) is 91.0 Å². The molecule has 4 nitrogen and oxygen atoms in total. The van der Waals surface area contributed by atoms with Gasteiger partial charge < -0.3 is 14.7 Å². The number of ether oxygens (including phenoxy) is 1. The molecule has 1 atom stereocenters. The van der Waals surface area contributed by atoms with Gasteiger partial charge in [-0.25, -0.2) is 4.79 Å². The highest BCUT2D eigenvalue weighted by molar-refractivity contribution is 7.79. The number of aliphatic hydroxyl groups is 1. The molecule has 4 rings (SSSR count). The Kier molecular flexibility index (Phi) is 9.05. The molecule has 1 amide bonds. The van der Waals surface area contributed by atoms with Crippen LogP contribution in [0.5, 0.6) is 0 Å². The zero-order valence-electron chi connectivity index (χ0n) is 19.7. The van der Waals surface area contributed by atoms with Gasteiger partial charge >= 0.3 is 6.09 Å². The topological polar surface area (TPSA) is 49.8 Å². The minimum atomic E-state index is -0.459. The van der Waals surface area contributed by atoms with Crippen molar-refractivity contribution in [3.8, 4) is 0 Å². The quantitative estimate of drug-likeness (QED) is 0.565. The van der Waals surface area contributed by atoms with Crippen LogP contribution < -0.4 is 15.9 Å². The summed E-state index contributed by atoms with van der Waals surface area (Å²) in [7, 11) is -0.446. The average Bonchev–Trinajstić information content (AvgIpc) is 3.30. The molecule has 0 bridgehead atoms. The Bertz CT molecular complexity index is 880. The van der Waals surface area contributed by atoms with Gasteiger partial charge in [0.25, 0.3) is 0 Å². The zero-order chi connectivity index (χ0) is 23.7. The molecule has 1 fully saturated rings. The lowest BCUT2D eigenvalue weighted by Crippen LogP contribution is -2.41. The van der Waals surface area contributed by atoms with Gasteiger partial charge in [0.15, 0.2) is 0 Å². The second-order valence-electron chi connectivity index (χ2n) is 8.99. The zero-order valence-corrected chi connectivity index (χ0v) is 20.6. The lowest BCUT2D eigenvalue weighted by Gasteiger charge is -2.27. The summed E-state index contributed by atoms with van der Waals surface area (Å²) in [4.78, 5) is 13.2. The molecule has 1 saturated heterocycles. The summed E-state index contributed by atoms with van der Waals surface area (Å²) in [5.41, 5.74) is -0.459. The fourth-order valence-electron chi connectivity index (χ4n) is 3.76. The van der Waals surface area contributed by atoms with Crippen molar-refractivity contribution in [1.29, 1.82) is 0 Å². The predicted octanol–water partition coefficient (Wildman–Crippen LogP) is 4.82. The standard InChI is InChI=1S/C18H15P.C10H19NO3/c1-4-10-16(11-5-1)19(17-12-6-2-7-13-17)18-14-8-3-9-15-18;1-10(2,3)14-9(13)11-6-4-5-8(11)7-12/h1-15H;8,12H,4-7H2,1-3H3/t;8-/m.0/s1. The molecule has 0 saturated carbocycles. The third kappa shape index (κ3) is 7.42. The monoisotopic (exact) mass is 463 g/mol. The van der Waals surface area contributed by atoms with E-state index in [1.165, 1.54) is 15.9 Å². The Balaban J connectivity index is 0.000000196. The van der Waals surface area contributed by atoms with E-state index in [1.807, 2.05) is 20.8 Å². The van der Waals surface area contributed by atoms with Crippen LogP contribution in [-0.4, -0.2) is 40.9 Å². The predicted molar refractivity (Wildman–Crippen MR) is 138 cm³/mol. The van der Waals surface area contributed by atoms with Gasteiger partial charge in [-0.2, -0.15) is 0 Å². The van der Waals surface area contributed by atoms with Crippen LogP contribution in [0.3, 0.4) is 0 Å². The molecule has 0 aromatic heterocycles. The summed E-state index contributed by atoms with van der Waals surface area (Å²) in [6.45, 7) is 6.25. The number of likely N-dealkylation sites (tertiary alicyclic amines) is 1. The number of aliphatic hydroxyl groups excluding tert-OH is 1. The van der Waals surface area contributed by atoms with Crippen molar-refractivity contribution in [2.45, 2.75) is 45.3 Å². The van der Waals surface area contributed by atoms with Crippen molar-refractivity contribution in [1.82, 2.24) is 4.90 Å². The first-order chi connectivity index (χ1) is 15.9. The molecule has 0 spiro atoms. The van der Waals surface area contributed by atoms with Crippen LogP contribution in [0.4, 0.5) is 4.79 Å². The van der Waals surface area contributed by atoms with E-state index in [2.05, 4.69) is 91.0 Å². The Morgan fingerprint density at radius 2 is 1.30 bits per heavy atom. The molecular formula is C28H34NO3P. The maximum Gasteiger partial charge on any atom is 0.410 e. The minimum Gasteiger partial charge on any atom is -0.444 e.